The highest BCUT2D eigenvalue weighted by Crippen LogP contribution is 2.26. The number of aryl methyl sites for hydroxylation is 2. The average molecular weight is 313 g/mol. The molecule has 0 saturated carbocycles. The molecule has 0 spiro atoms. The number of ether oxygens (including phenoxy) is 1. The van der Waals surface area contributed by atoms with Gasteiger partial charge in [-0.25, -0.2) is 0 Å². The second kappa shape index (κ2) is 6.88. The monoisotopic (exact) mass is 313 g/mol. The van der Waals surface area contributed by atoms with E-state index in [0.29, 0.717) is 0 Å². The van der Waals surface area contributed by atoms with Crippen LogP contribution in [0.3, 0.4) is 0 Å². The van der Waals surface area contributed by atoms with Gasteiger partial charge in [0.05, 0.1) is 0 Å². The van der Waals surface area contributed by atoms with Gasteiger partial charge >= 0.3 is 0 Å². The summed E-state index contributed by atoms with van der Waals surface area (Å²) in [5, 5.41) is 2.86. The number of hydrogen-bond acceptors (Lipinski definition) is 3. The topological polar surface area (TPSA) is 38.3 Å². The Balaban J connectivity index is 1.56. The molecule has 1 aliphatic rings. The van der Waals surface area contributed by atoms with E-state index in [1.807, 2.05) is 36.6 Å². The van der Waals surface area contributed by atoms with E-state index in [4.69, 9.17) is 4.74 Å². The van der Waals surface area contributed by atoms with E-state index in [0.717, 1.165) is 29.2 Å². The third-order valence-corrected chi connectivity index (χ3v) is 4.52. The summed E-state index contributed by atoms with van der Waals surface area (Å²) in [5.41, 5.74) is 3.56. The van der Waals surface area contributed by atoms with Gasteiger partial charge in [0.15, 0.2) is 6.61 Å². The second-order valence-electron chi connectivity index (χ2n) is 5.35. The molecule has 0 aromatic heterocycles. The van der Waals surface area contributed by atoms with Crippen molar-refractivity contribution in [3.8, 4) is 5.75 Å². The van der Waals surface area contributed by atoms with Gasteiger partial charge in [-0.1, -0.05) is 12.1 Å². The zero-order chi connectivity index (χ0) is 15.4. The minimum Gasteiger partial charge on any atom is -0.484 e. The number of fused-ring (bicyclic) bond motifs is 1. The first-order valence-electron chi connectivity index (χ1n) is 7.43. The molecule has 1 aliphatic carbocycles. The molecule has 114 valence electrons. The Morgan fingerprint density at radius 1 is 1.18 bits per heavy atom. The number of nitrogens with one attached hydrogen (secondary N) is 1. The molecular formula is C18H19NO2S. The molecule has 0 fully saturated rings. The number of carbonyl (C=O) groups is 1. The van der Waals surface area contributed by atoms with Crippen LogP contribution >= 0.6 is 11.8 Å². The van der Waals surface area contributed by atoms with Gasteiger partial charge in [-0.3, -0.25) is 4.79 Å². The average Bonchev–Trinajstić information content (AvgIpc) is 3.00. The summed E-state index contributed by atoms with van der Waals surface area (Å²) >= 11 is 1.65. The molecule has 3 nitrogen and oxygen atoms in total. The molecule has 22 heavy (non-hydrogen) atoms. The van der Waals surface area contributed by atoms with E-state index >= 15 is 0 Å². The quantitative estimate of drug-likeness (QED) is 0.850. The molecule has 0 heterocycles. The van der Waals surface area contributed by atoms with Gasteiger partial charge < -0.3 is 10.1 Å². The first kappa shape index (κ1) is 15.0. The molecule has 0 saturated heterocycles. The summed E-state index contributed by atoms with van der Waals surface area (Å²) in [4.78, 5) is 13.1. The number of thioether (sulfide) groups is 1. The smallest absolute Gasteiger partial charge is 0.262 e. The molecule has 3 rings (SSSR count). The Morgan fingerprint density at radius 2 is 2.05 bits per heavy atom. The van der Waals surface area contributed by atoms with E-state index in [1.165, 1.54) is 17.5 Å². The van der Waals surface area contributed by atoms with Crippen molar-refractivity contribution in [2.75, 3.05) is 18.2 Å². The van der Waals surface area contributed by atoms with E-state index in [1.54, 1.807) is 11.8 Å². The minimum absolute atomic E-state index is 0.0300. The van der Waals surface area contributed by atoms with E-state index in [-0.39, 0.29) is 12.5 Å². The van der Waals surface area contributed by atoms with Crippen molar-refractivity contribution in [3.05, 3.63) is 53.6 Å². The summed E-state index contributed by atoms with van der Waals surface area (Å²) in [5.74, 6) is 0.632. The molecule has 0 unspecified atom stereocenters. The van der Waals surface area contributed by atoms with Crippen LogP contribution in [0.1, 0.15) is 17.5 Å². The van der Waals surface area contributed by atoms with E-state index in [9.17, 15) is 4.79 Å². The van der Waals surface area contributed by atoms with Crippen LogP contribution in [0.25, 0.3) is 0 Å². The van der Waals surface area contributed by atoms with Gasteiger partial charge in [-0.05, 0) is 67.0 Å². The van der Waals surface area contributed by atoms with Gasteiger partial charge in [0.25, 0.3) is 5.91 Å². The van der Waals surface area contributed by atoms with Crippen LogP contribution in [0, 0.1) is 0 Å². The molecule has 0 aliphatic heterocycles. The van der Waals surface area contributed by atoms with Crippen molar-refractivity contribution in [3.63, 3.8) is 0 Å². The van der Waals surface area contributed by atoms with Gasteiger partial charge in [0.2, 0.25) is 0 Å². The lowest BCUT2D eigenvalue weighted by Gasteiger charge is -2.09. The predicted molar refractivity (Wildman–Crippen MR) is 90.8 cm³/mol. The molecule has 1 amide bonds. The maximum atomic E-state index is 12.0. The number of anilines is 1. The maximum Gasteiger partial charge on any atom is 0.262 e. The molecular weight excluding hydrogens is 294 g/mol. The summed E-state index contributed by atoms with van der Waals surface area (Å²) in [6.07, 6.45) is 5.49. The molecule has 2 aromatic carbocycles. The van der Waals surface area contributed by atoms with Gasteiger partial charge in [0, 0.05) is 10.6 Å². The zero-order valence-electron chi connectivity index (χ0n) is 12.6. The Morgan fingerprint density at radius 3 is 2.91 bits per heavy atom. The highest BCUT2D eigenvalue weighted by atomic mass is 32.2. The normalized spacial score (nSPS) is 12.8. The van der Waals surface area contributed by atoms with Crippen molar-refractivity contribution in [2.24, 2.45) is 0 Å². The number of hydrogen-bond donors (Lipinski definition) is 1. The Hall–Kier alpha value is -1.94. The summed E-state index contributed by atoms with van der Waals surface area (Å²) in [7, 11) is 0. The fraction of sp³-hybridized carbons (Fsp3) is 0.278. The van der Waals surface area contributed by atoms with Crippen LogP contribution in [-0.2, 0) is 17.6 Å². The van der Waals surface area contributed by atoms with Gasteiger partial charge in [-0.15, -0.1) is 11.8 Å². The lowest BCUT2D eigenvalue weighted by Crippen LogP contribution is -2.20. The van der Waals surface area contributed by atoms with Crippen molar-refractivity contribution in [2.45, 2.75) is 24.2 Å². The maximum absolute atomic E-state index is 12.0. The highest BCUT2D eigenvalue weighted by molar-refractivity contribution is 7.98. The number of carbonyl (C=O) groups excluding carboxylic acids is 1. The number of rotatable bonds is 5. The Bertz CT molecular complexity index is 685. The SMILES string of the molecule is CSc1cccc(NC(=O)COc2ccc3c(c2)CCC3)c1. The van der Waals surface area contributed by atoms with Crippen LogP contribution in [0.4, 0.5) is 5.69 Å². The first-order chi connectivity index (χ1) is 10.7. The fourth-order valence-electron chi connectivity index (χ4n) is 2.68. The van der Waals surface area contributed by atoms with Crippen molar-refractivity contribution in [1.82, 2.24) is 0 Å². The van der Waals surface area contributed by atoms with Crippen LogP contribution in [0.15, 0.2) is 47.4 Å². The van der Waals surface area contributed by atoms with Crippen molar-refractivity contribution in [1.29, 1.82) is 0 Å². The van der Waals surface area contributed by atoms with Gasteiger partial charge in [-0.2, -0.15) is 0 Å². The van der Waals surface area contributed by atoms with Crippen LogP contribution in [0.2, 0.25) is 0 Å². The van der Waals surface area contributed by atoms with Crippen LogP contribution in [-0.4, -0.2) is 18.8 Å². The molecule has 0 atom stereocenters. The standard InChI is InChI=1S/C18H19NO2S/c1-22-17-7-3-6-15(11-17)19-18(20)12-21-16-9-8-13-4-2-5-14(13)10-16/h3,6-11H,2,4-5,12H2,1H3,(H,19,20). The van der Waals surface area contributed by atoms with Crippen molar-refractivity contribution >= 4 is 23.4 Å². The lowest BCUT2D eigenvalue weighted by molar-refractivity contribution is -0.118. The lowest BCUT2D eigenvalue weighted by atomic mass is 10.1. The highest BCUT2D eigenvalue weighted by Gasteiger charge is 2.12. The molecule has 2 aromatic rings. The molecule has 0 bridgehead atoms. The molecule has 0 radical (unpaired) electrons. The third kappa shape index (κ3) is 3.63. The third-order valence-electron chi connectivity index (χ3n) is 3.79. The number of benzene rings is 2. The predicted octanol–water partition coefficient (Wildman–Crippen LogP) is 3.91. The van der Waals surface area contributed by atoms with E-state index < -0.39 is 0 Å². The first-order valence-corrected chi connectivity index (χ1v) is 8.65. The largest absolute Gasteiger partial charge is 0.484 e. The minimum atomic E-state index is -0.140. The molecule has 1 N–H and O–H groups in total. The Kier molecular flexibility index (Phi) is 4.68. The molecule has 4 heteroatoms. The summed E-state index contributed by atoms with van der Waals surface area (Å²) < 4.78 is 5.60. The van der Waals surface area contributed by atoms with Gasteiger partial charge in [0.1, 0.15) is 5.75 Å². The van der Waals surface area contributed by atoms with Crippen LogP contribution < -0.4 is 10.1 Å². The fourth-order valence-corrected chi connectivity index (χ4v) is 3.14. The second-order valence-corrected chi connectivity index (χ2v) is 6.23. The zero-order valence-corrected chi connectivity index (χ0v) is 13.4. The van der Waals surface area contributed by atoms with E-state index in [2.05, 4.69) is 17.4 Å². The van der Waals surface area contributed by atoms with Crippen LogP contribution in [0.5, 0.6) is 5.75 Å². The number of amides is 1. The Labute approximate surface area is 135 Å². The summed E-state index contributed by atoms with van der Waals surface area (Å²) in [6, 6.07) is 13.9. The van der Waals surface area contributed by atoms with Crippen molar-refractivity contribution < 1.29 is 9.53 Å². The summed E-state index contributed by atoms with van der Waals surface area (Å²) in [6.45, 7) is 0.0300.